The van der Waals surface area contributed by atoms with E-state index in [0.29, 0.717) is 24.1 Å². The number of nitrogens with zero attached hydrogens (tertiary/aromatic N) is 2. The SMILES string of the molecule is Cc1nnc(C(CC(C)C)NC(=O)C(NC(=O)OC(C)(C)C)C(C)C)o1. The maximum Gasteiger partial charge on any atom is 0.408 e. The van der Waals surface area contributed by atoms with Crippen molar-refractivity contribution in [2.75, 3.05) is 0 Å². The van der Waals surface area contributed by atoms with E-state index >= 15 is 0 Å². The Bertz CT molecular complexity index is 605. The predicted octanol–water partition coefficient (Wildman–Crippen LogP) is 3.13. The van der Waals surface area contributed by atoms with Crippen molar-refractivity contribution < 1.29 is 18.7 Å². The van der Waals surface area contributed by atoms with Gasteiger partial charge in [-0.2, -0.15) is 0 Å². The van der Waals surface area contributed by atoms with Crippen LogP contribution in [0.3, 0.4) is 0 Å². The summed E-state index contributed by atoms with van der Waals surface area (Å²) in [4.78, 5) is 24.8. The normalized spacial score (nSPS) is 14.2. The number of carbonyl (C=O) groups excluding carboxylic acids is 2. The van der Waals surface area contributed by atoms with Gasteiger partial charge in [0.25, 0.3) is 0 Å². The smallest absolute Gasteiger partial charge is 0.408 e. The molecule has 0 spiro atoms. The number of aryl methyl sites for hydroxylation is 1. The van der Waals surface area contributed by atoms with Crippen molar-refractivity contribution in [3.05, 3.63) is 11.8 Å². The molecule has 2 amide bonds. The molecule has 0 saturated carbocycles. The highest BCUT2D eigenvalue weighted by molar-refractivity contribution is 5.86. The number of nitrogens with one attached hydrogen (secondary N) is 2. The van der Waals surface area contributed by atoms with E-state index in [1.165, 1.54) is 0 Å². The summed E-state index contributed by atoms with van der Waals surface area (Å²) in [6.07, 6.45) is 0.0188. The first kappa shape index (κ1) is 21.9. The molecule has 8 heteroatoms. The average molecular weight is 368 g/mol. The fourth-order valence-corrected chi connectivity index (χ4v) is 2.38. The van der Waals surface area contributed by atoms with Crippen LogP contribution in [0.4, 0.5) is 4.79 Å². The fourth-order valence-electron chi connectivity index (χ4n) is 2.38. The molecule has 1 aromatic heterocycles. The second kappa shape index (κ2) is 9.00. The molecule has 148 valence electrons. The molecular formula is C18H32N4O4. The van der Waals surface area contributed by atoms with Crippen LogP contribution in [0.1, 0.15) is 72.7 Å². The monoisotopic (exact) mass is 368 g/mol. The quantitative estimate of drug-likeness (QED) is 0.766. The first-order valence-electron chi connectivity index (χ1n) is 8.99. The molecule has 0 radical (unpaired) electrons. The van der Waals surface area contributed by atoms with Crippen LogP contribution in [0.25, 0.3) is 0 Å². The van der Waals surface area contributed by atoms with Gasteiger partial charge < -0.3 is 19.8 Å². The van der Waals surface area contributed by atoms with Crippen LogP contribution in [0.15, 0.2) is 4.42 Å². The van der Waals surface area contributed by atoms with Gasteiger partial charge in [0.15, 0.2) is 0 Å². The Kier molecular flexibility index (Phi) is 7.59. The summed E-state index contributed by atoms with van der Waals surface area (Å²) in [6.45, 7) is 14.8. The van der Waals surface area contributed by atoms with Crippen molar-refractivity contribution in [3.8, 4) is 0 Å². The number of amides is 2. The Hall–Kier alpha value is -2.12. The molecule has 2 N–H and O–H groups in total. The van der Waals surface area contributed by atoms with Crippen molar-refractivity contribution in [1.29, 1.82) is 0 Å². The van der Waals surface area contributed by atoms with Crippen LogP contribution in [0.5, 0.6) is 0 Å². The third-order valence-corrected chi connectivity index (χ3v) is 3.48. The van der Waals surface area contributed by atoms with E-state index in [9.17, 15) is 9.59 Å². The lowest BCUT2D eigenvalue weighted by Crippen LogP contribution is -2.51. The summed E-state index contributed by atoms with van der Waals surface area (Å²) in [5.41, 5.74) is -0.635. The van der Waals surface area contributed by atoms with Gasteiger partial charge >= 0.3 is 6.09 Å². The minimum Gasteiger partial charge on any atom is -0.444 e. The summed E-state index contributed by atoms with van der Waals surface area (Å²) < 4.78 is 10.7. The summed E-state index contributed by atoms with van der Waals surface area (Å²) in [5.74, 6) is 0.683. The predicted molar refractivity (Wildman–Crippen MR) is 97.4 cm³/mol. The lowest BCUT2D eigenvalue weighted by Gasteiger charge is -2.26. The summed E-state index contributed by atoms with van der Waals surface area (Å²) in [5, 5.41) is 13.4. The van der Waals surface area contributed by atoms with E-state index in [2.05, 4.69) is 20.8 Å². The maximum absolute atomic E-state index is 12.8. The maximum atomic E-state index is 12.8. The van der Waals surface area contributed by atoms with Gasteiger partial charge in [0, 0.05) is 6.92 Å². The van der Waals surface area contributed by atoms with E-state index in [1.54, 1.807) is 27.7 Å². The highest BCUT2D eigenvalue weighted by Crippen LogP contribution is 2.21. The zero-order valence-electron chi connectivity index (χ0n) is 17.0. The second-order valence-corrected chi connectivity index (χ2v) is 8.22. The van der Waals surface area contributed by atoms with Crippen molar-refractivity contribution in [2.24, 2.45) is 11.8 Å². The Balaban J connectivity index is 2.87. The topological polar surface area (TPSA) is 106 Å². The number of aromatic nitrogens is 2. The molecule has 8 nitrogen and oxygen atoms in total. The zero-order valence-corrected chi connectivity index (χ0v) is 17.0. The molecule has 1 rings (SSSR count). The number of hydrogen-bond acceptors (Lipinski definition) is 6. The van der Waals surface area contributed by atoms with Gasteiger partial charge in [-0.3, -0.25) is 4.79 Å². The van der Waals surface area contributed by atoms with E-state index in [0.717, 1.165) is 0 Å². The highest BCUT2D eigenvalue weighted by atomic mass is 16.6. The lowest BCUT2D eigenvalue weighted by atomic mass is 10.0. The third-order valence-electron chi connectivity index (χ3n) is 3.48. The summed E-state index contributed by atoms with van der Waals surface area (Å²) >= 11 is 0. The highest BCUT2D eigenvalue weighted by Gasteiger charge is 2.30. The van der Waals surface area contributed by atoms with E-state index in [4.69, 9.17) is 9.15 Å². The van der Waals surface area contributed by atoms with Gasteiger partial charge in [-0.25, -0.2) is 4.79 Å². The molecule has 0 fully saturated rings. The van der Waals surface area contributed by atoms with Gasteiger partial charge in [0.1, 0.15) is 17.7 Å². The molecule has 2 atom stereocenters. The third kappa shape index (κ3) is 7.41. The van der Waals surface area contributed by atoms with Gasteiger partial charge in [-0.15, -0.1) is 10.2 Å². The van der Waals surface area contributed by atoms with E-state index in [1.807, 2.05) is 27.7 Å². The molecule has 2 unspecified atom stereocenters. The first-order chi connectivity index (χ1) is 11.9. The Morgan fingerprint density at radius 1 is 1.12 bits per heavy atom. The second-order valence-electron chi connectivity index (χ2n) is 8.22. The number of alkyl carbamates (subject to hydrolysis) is 1. The molecule has 1 aromatic rings. The van der Waals surface area contributed by atoms with Crippen LogP contribution in [0, 0.1) is 18.8 Å². The molecule has 0 saturated heterocycles. The Labute approximate surface area is 155 Å². The number of hydrogen-bond donors (Lipinski definition) is 2. The molecule has 0 aliphatic rings. The van der Waals surface area contributed by atoms with Crippen LogP contribution in [0.2, 0.25) is 0 Å². The number of rotatable bonds is 7. The van der Waals surface area contributed by atoms with Crippen molar-refractivity contribution >= 4 is 12.0 Å². The van der Waals surface area contributed by atoms with Gasteiger partial charge in [0.05, 0.1) is 0 Å². The number of ether oxygens (including phenoxy) is 1. The molecular weight excluding hydrogens is 336 g/mol. The Morgan fingerprint density at radius 2 is 1.73 bits per heavy atom. The number of carbonyl (C=O) groups is 2. The molecule has 0 aliphatic heterocycles. The van der Waals surface area contributed by atoms with Crippen LogP contribution in [-0.4, -0.2) is 33.8 Å². The Morgan fingerprint density at radius 3 is 2.15 bits per heavy atom. The van der Waals surface area contributed by atoms with Gasteiger partial charge in [-0.1, -0.05) is 27.7 Å². The van der Waals surface area contributed by atoms with Gasteiger partial charge in [0.2, 0.25) is 17.7 Å². The molecule has 1 heterocycles. The van der Waals surface area contributed by atoms with Crippen molar-refractivity contribution in [3.63, 3.8) is 0 Å². The van der Waals surface area contributed by atoms with E-state index in [-0.39, 0.29) is 11.8 Å². The largest absolute Gasteiger partial charge is 0.444 e. The molecule has 0 aromatic carbocycles. The minimum absolute atomic E-state index is 0.119. The molecule has 26 heavy (non-hydrogen) atoms. The zero-order chi connectivity index (χ0) is 20.1. The minimum atomic E-state index is -0.733. The van der Waals surface area contributed by atoms with Crippen LogP contribution >= 0.6 is 0 Å². The van der Waals surface area contributed by atoms with Crippen molar-refractivity contribution in [1.82, 2.24) is 20.8 Å². The van der Waals surface area contributed by atoms with E-state index < -0.39 is 23.8 Å². The van der Waals surface area contributed by atoms with Crippen LogP contribution < -0.4 is 10.6 Å². The van der Waals surface area contributed by atoms with Crippen molar-refractivity contribution in [2.45, 2.75) is 79.5 Å². The first-order valence-corrected chi connectivity index (χ1v) is 8.99. The van der Waals surface area contributed by atoms with Gasteiger partial charge in [-0.05, 0) is 39.0 Å². The summed E-state index contributed by atoms with van der Waals surface area (Å²) in [6, 6.07) is -1.14. The standard InChI is InChI=1S/C18H32N4O4/c1-10(2)9-13(16-22-21-12(5)25-16)19-15(23)14(11(3)4)20-17(24)26-18(6,7)8/h10-11,13-14H,9H2,1-8H3,(H,19,23)(H,20,24). The molecule has 0 aliphatic carbocycles. The summed E-state index contributed by atoms with van der Waals surface area (Å²) in [7, 11) is 0. The average Bonchev–Trinajstić information content (AvgIpc) is 2.87. The molecule has 0 bridgehead atoms. The lowest BCUT2D eigenvalue weighted by molar-refractivity contribution is -0.125. The van der Waals surface area contributed by atoms with Crippen LogP contribution in [-0.2, 0) is 9.53 Å². The fraction of sp³-hybridized carbons (Fsp3) is 0.778.